The highest BCUT2D eigenvalue weighted by molar-refractivity contribution is 5.93. The van der Waals surface area contributed by atoms with Crippen LogP contribution >= 0.6 is 0 Å². The van der Waals surface area contributed by atoms with E-state index in [1.165, 1.54) is 5.56 Å². The predicted molar refractivity (Wildman–Crippen MR) is 105 cm³/mol. The number of amides is 1. The minimum absolute atomic E-state index is 0.0244. The van der Waals surface area contributed by atoms with E-state index < -0.39 is 0 Å². The monoisotopic (exact) mass is 361 g/mol. The lowest BCUT2D eigenvalue weighted by molar-refractivity contribution is 0.0730. The Hall–Kier alpha value is -2.99. The number of piperazine rings is 1. The van der Waals surface area contributed by atoms with Crippen molar-refractivity contribution >= 4 is 5.91 Å². The van der Waals surface area contributed by atoms with Crippen LogP contribution in [0.1, 0.15) is 21.7 Å². The van der Waals surface area contributed by atoms with Crippen molar-refractivity contribution in [3.63, 3.8) is 0 Å². The van der Waals surface area contributed by atoms with Crippen molar-refractivity contribution in [1.82, 2.24) is 24.8 Å². The van der Waals surface area contributed by atoms with Crippen LogP contribution in [0.2, 0.25) is 0 Å². The maximum Gasteiger partial charge on any atom is 0.274 e. The van der Waals surface area contributed by atoms with Gasteiger partial charge in [-0.2, -0.15) is 0 Å². The zero-order chi connectivity index (χ0) is 18.8. The lowest BCUT2D eigenvalue weighted by atomic mass is 10.2. The van der Waals surface area contributed by atoms with Gasteiger partial charge in [0.15, 0.2) is 0 Å². The van der Waals surface area contributed by atoms with E-state index in [0.29, 0.717) is 18.8 Å². The van der Waals surface area contributed by atoms with Crippen molar-refractivity contribution in [3.8, 4) is 17.1 Å². The van der Waals surface area contributed by atoms with Gasteiger partial charge in [-0.25, -0.2) is 4.98 Å². The van der Waals surface area contributed by atoms with Crippen LogP contribution in [0.4, 0.5) is 0 Å². The van der Waals surface area contributed by atoms with Crippen molar-refractivity contribution in [2.75, 3.05) is 26.2 Å². The Labute approximate surface area is 158 Å². The first-order chi connectivity index (χ1) is 13.1. The third kappa shape index (κ3) is 3.61. The molecule has 27 heavy (non-hydrogen) atoms. The number of hydrogen-bond donors (Lipinski definition) is 1. The number of hydrogen-bond acceptors (Lipinski definition) is 4. The molecule has 1 fully saturated rings. The first-order valence-corrected chi connectivity index (χ1v) is 9.21. The van der Waals surface area contributed by atoms with Gasteiger partial charge in [-0.15, -0.1) is 0 Å². The zero-order valence-corrected chi connectivity index (χ0v) is 15.6. The highest BCUT2D eigenvalue weighted by Gasteiger charge is 2.23. The summed E-state index contributed by atoms with van der Waals surface area (Å²) < 4.78 is 1.97. The molecule has 1 aromatic carbocycles. The van der Waals surface area contributed by atoms with Crippen LogP contribution in [-0.2, 0) is 0 Å². The van der Waals surface area contributed by atoms with Gasteiger partial charge in [-0.1, -0.05) is 17.7 Å². The van der Waals surface area contributed by atoms with E-state index in [-0.39, 0.29) is 5.91 Å². The van der Waals surface area contributed by atoms with Gasteiger partial charge in [0.25, 0.3) is 5.91 Å². The quantitative estimate of drug-likeness (QED) is 0.779. The molecule has 4 rings (SSSR count). The number of nitrogens with one attached hydrogen (secondary N) is 1. The molecule has 6 nitrogen and oxygen atoms in total. The summed E-state index contributed by atoms with van der Waals surface area (Å²) in [4.78, 5) is 23.9. The Morgan fingerprint density at radius 3 is 2.44 bits per heavy atom. The van der Waals surface area contributed by atoms with E-state index in [4.69, 9.17) is 4.98 Å². The standard InChI is InChI=1S/C21H23N5O/c1-15-3-7-18(8-4-15)26-14-19(21(27)25-11-9-22-10-12-25)24-20(26)17-6-5-16(2)23-13-17/h3-8,13-14,22H,9-12H2,1-2H3. The van der Waals surface area contributed by atoms with Crippen molar-refractivity contribution < 1.29 is 4.79 Å². The smallest absolute Gasteiger partial charge is 0.274 e. The van der Waals surface area contributed by atoms with Crippen molar-refractivity contribution in [2.45, 2.75) is 13.8 Å². The first-order valence-electron chi connectivity index (χ1n) is 9.21. The number of aromatic nitrogens is 3. The van der Waals surface area contributed by atoms with E-state index >= 15 is 0 Å². The van der Waals surface area contributed by atoms with Gasteiger partial charge in [-0.3, -0.25) is 14.3 Å². The van der Waals surface area contributed by atoms with Gasteiger partial charge in [0.1, 0.15) is 11.5 Å². The van der Waals surface area contributed by atoms with E-state index in [9.17, 15) is 4.79 Å². The average molecular weight is 361 g/mol. The van der Waals surface area contributed by atoms with E-state index in [1.54, 1.807) is 6.20 Å². The Bertz CT molecular complexity index is 875. The highest BCUT2D eigenvalue weighted by Crippen LogP contribution is 2.24. The fraction of sp³-hybridized carbons (Fsp3) is 0.286. The second-order valence-electron chi connectivity index (χ2n) is 6.89. The fourth-order valence-corrected chi connectivity index (χ4v) is 3.22. The molecule has 1 amide bonds. The molecule has 6 heteroatoms. The third-order valence-corrected chi connectivity index (χ3v) is 4.81. The topological polar surface area (TPSA) is 63.1 Å². The molecule has 0 aliphatic carbocycles. The molecule has 2 aromatic heterocycles. The Balaban J connectivity index is 1.77. The molecule has 0 atom stereocenters. The summed E-state index contributed by atoms with van der Waals surface area (Å²) >= 11 is 0. The number of carbonyl (C=O) groups excluding carboxylic acids is 1. The summed E-state index contributed by atoms with van der Waals surface area (Å²) in [6.45, 7) is 7.06. The zero-order valence-electron chi connectivity index (χ0n) is 15.6. The molecule has 1 N–H and O–H groups in total. The normalized spacial score (nSPS) is 14.4. The molecular formula is C21H23N5O. The molecular weight excluding hydrogens is 338 g/mol. The van der Waals surface area contributed by atoms with E-state index in [0.717, 1.165) is 35.9 Å². The summed E-state index contributed by atoms with van der Waals surface area (Å²) in [6.07, 6.45) is 3.64. The molecule has 3 heterocycles. The van der Waals surface area contributed by atoms with Crippen LogP contribution in [0, 0.1) is 13.8 Å². The number of pyridine rings is 1. The largest absolute Gasteiger partial charge is 0.335 e. The SMILES string of the molecule is Cc1ccc(-n2cc(C(=O)N3CCNCC3)nc2-c2ccc(C)nc2)cc1. The number of imidazole rings is 1. The fourth-order valence-electron chi connectivity index (χ4n) is 3.22. The van der Waals surface area contributed by atoms with Crippen LogP contribution < -0.4 is 5.32 Å². The first kappa shape index (κ1) is 17.4. The van der Waals surface area contributed by atoms with Gasteiger partial charge in [-0.05, 0) is 38.1 Å². The van der Waals surface area contributed by atoms with Crippen LogP contribution in [0.3, 0.4) is 0 Å². The van der Waals surface area contributed by atoms with Gasteiger partial charge in [0.05, 0.1) is 0 Å². The minimum atomic E-state index is -0.0244. The lowest BCUT2D eigenvalue weighted by Crippen LogP contribution is -2.46. The summed E-state index contributed by atoms with van der Waals surface area (Å²) in [7, 11) is 0. The third-order valence-electron chi connectivity index (χ3n) is 4.81. The van der Waals surface area contributed by atoms with Crippen molar-refractivity contribution in [3.05, 3.63) is 65.7 Å². The van der Waals surface area contributed by atoms with E-state index in [2.05, 4.69) is 29.4 Å². The predicted octanol–water partition coefficient (Wildman–Crippen LogP) is 2.60. The summed E-state index contributed by atoms with van der Waals surface area (Å²) in [5, 5.41) is 3.27. The van der Waals surface area contributed by atoms with Gasteiger partial charge in [0, 0.05) is 55.5 Å². The van der Waals surface area contributed by atoms with Gasteiger partial charge in [0.2, 0.25) is 0 Å². The molecule has 0 spiro atoms. The number of aryl methyl sites for hydroxylation is 2. The number of carbonyl (C=O) groups is 1. The molecule has 0 unspecified atom stereocenters. The van der Waals surface area contributed by atoms with Crippen LogP contribution in [0.25, 0.3) is 17.1 Å². The molecule has 0 bridgehead atoms. The molecule has 1 aliphatic heterocycles. The van der Waals surface area contributed by atoms with Crippen LogP contribution in [-0.4, -0.2) is 51.5 Å². The number of rotatable bonds is 3. The van der Waals surface area contributed by atoms with Crippen LogP contribution in [0.15, 0.2) is 48.8 Å². The van der Waals surface area contributed by atoms with Crippen molar-refractivity contribution in [1.29, 1.82) is 0 Å². The molecule has 0 radical (unpaired) electrons. The molecule has 1 aliphatic rings. The average Bonchev–Trinajstić information content (AvgIpc) is 3.14. The van der Waals surface area contributed by atoms with Gasteiger partial charge >= 0.3 is 0 Å². The molecule has 1 saturated heterocycles. The molecule has 3 aromatic rings. The number of benzene rings is 1. The lowest BCUT2D eigenvalue weighted by Gasteiger charge is -2.26. The Morgan fingerprint density at radius 1 is 1.04 bits per heavy atom. The van der Waals surface area contributed by atoms with E-state index in [1.807, 2.05) is 46.9 Å². The minimum Gasteiger partial charge on any atom is -0.335 e. The maximum absolute atomic E-state index is 12.9. The number of nitrogens with zero attached hydrogens (tertiary/aromatic N) is 4. The summed E-state index contributed by atoms with van der Waals surface area (Å²) in [5.41, 5.74) is 4.47. The Kier molecular flexibility index (Phi) is 4.73. The summed E-state index contributed by atoms with van der Waals surface area (Å²) in [5.74, 6) is 0.702. The van der Waals surface area contributed by atoms with Crippen LogP contribution in [0.5, 0.6) is 0 Å². The molecule has 0 saturated carbocycles. The molecule has 138 valence electrons. The second-order valence-corrected chi connectivity index (χ2v) is 6.89. The Morgan fingerprint density at radius 2 is 1.78 bits per heavy atom. The highest BCUT2D eigenvalue weighted by atomic mass is 16.2. The summed E-state index contributed by atoms with van der Waals surface area (Å²) in [6, 6.07) is 12.2. The second kappa shape index (κ2) is 7.32. The maximum atomic E-state index is 12.9. The van der Waals surface area contributed by atoms with Gasteiger partial charge < -0.3 is 10.2 Å². The van der Waals surface area contributed by atoms with Crippen molar-refractivity contribution in [2.24, 2.45) is 0 Å².